The van der Waals surface area contributed by atoms with Gasteiger partial charge in [-0.15, -0.1) is 0 Å². The van der Waals surface area contributed by atoms with E-state index in [-0.39, 0.29) is 11.5 Å². The molecule has 0 aliphatic carbocycles. The van der Waals surface area contributed by atoms with Crippen molar-refractivity contribution in [3.63, 3.8) is 0 Å². The second-order valence-corrected chi connectivity index (χ2v) is 6.17. The zero-order valence-corrected chi connectivity index (χ0v) is 10.5. The van der Waals surface area contributed by atoms with Gasteiger partial charge < -0.3 is 9.84 Å². The van der Waals surface area contributed by atoms with Crippen LogP contribution in [-0.4, -0.2) is 31.6 Å². The topological polar surface area (TPSA) is 72.2 Å². The number of nitrogens with one attached hydrogen (secondary N) is 1. The third-order valence-corrected chi connectivity index (χ3v) is 4.02. The van der Waals surface area contributed by atoms with Crippen molar-refractivity contribution in [2.24, 2.45) is 0 Å². The lowest BCUT2D eigenvalue weighted by molar-refractivity contribution is 0.388. The Morgan fingerprint density at radius 1 is 1.50 bits per heavy atom. The molecule has 0 bridgehead atoms. The molecule has 0 fully saturated rings. The Morgan fingerprint density at radius 3 is 2.81 bits per heavy atom. The standard InChI is InChI=1S/C10H18N2O3S/c1-3-16(13,14)6-4-5-11-8-10-7-9(2)15-12-10/h7,11H,3-6,8H2,1-2H3. The van der Waals surface area contributed by atoms with E-state index in [9.17, 15) is 8.42 Å². The van der Waals surface area contributed by atoms with Gasteiger partial charge in [-0.3, -0.25) is 0 Å². The van der Waals surface area contributed by atoms with Crippen molar-refractivity contribution < 1.29 is 12.9 Å². The Hall–Kier alpha value is -0.880. The average molecular weight is 246 g/mol. The van der Waals surface area contributed by atoms with Crippen LogP contribution in [0.25, 0.3) is 0 Å². The Balaban J connectivity index is 2.13. The van der Waals surface area contributed by atoms with E-state index in [4.69, 9.17) is 4.52 Å². The van der Waals surface area contributed by atoms with Crippen molar-refractivity contribution in [2.75, 3.05) is 18.1 Å². The lowest BCUT2D eigenvalue weighted by Gasteiger charge is -2.02. The number of rotatable bonds is 7. The molecule has 5 nitrogen and oxygen atoms in total. The predicted octanol–water partition coefficient (Wildman–Crippen LogP) is 0.897. The van der Waals surface area contributed by atoms with Crippen molar-refractivity contribution in [2.45, 2.75) is 26.8 Å². The molecule has 0 aromatic carbocycles. The number of sulfone groups is 1. The predicted molar refractivity (Wildman–Crippen MR) is 61.9 cm³/mol. The molecule has 1 aromatic heterocycles. The van der Waals surface area contributed by atoms with Crippen LogP contribution < -0.4 is 5.32 Å². The molecule has 16 heavy (non-hydrogen) atoms. The third-order valence-electron chi connectivity index (χ3n) is 2.23. The lowest BCUT2D eigenvalue weighted by Crippen LogP contribution is -2.19. The van der Waals surface area contributed by atoms with E-state index in [1.54, 1.807) is 6.92 Å². The van der Waals surface area contributed by atoms with Crippen LogP contribution in [0, 0.1) is 6.92 Å². The third kappa shape index (κ3) is 4.76. The van der Waals surface area contributed by atoms with Crippen molar-refractivity contribution >= 4 is 9.84 Å². The zero-order valence-electron chi connectivity index (χ0n) is 9.69. The van der Waals surface area contributed by atoms with Crippen molar-refractivity contribution in [1.82, 2.24) is 10.5 Å². The fourth-order valence-electron chi connectivity index (χ4n) is 1.28. The monoisotopic (exact) mass is 246 g/mol. The fourth-order valence-corrected chi connectivity index (χ4v) is 2.15. The number of hydrogen-bond donors (Lipinski definition) is 1. The highest BCUT2D eigenvalue weighted by molar-refractivity contribution is 7.91. The van der Waals surface area contributed by atoms with Gasteiger partial charge in [0.05, 0.1) is 11.4 Å². The van der Waals surface area contributed by atoms with Gasteiger partial charge in [-0.05, 0) is 19.9 Å². The highest BCUT2D eigenvalue weighted by Gasteiger charge is 2.06. The summed E-state index contributed by atoms with van der Waals surface area (Å²) in [6, 6.07) is 1.86. The number of hydrogen-bond acceptors (Lipinski definition) is 5. The molecule has 0 aliphatic rings. The highest BCUT2D eigenvalue weighted by Crippen LogP contribution is 2.00. The molecule has 0 saturated heterocycles. The first-order valence-corrected chi connectivity index (χ1v) is 7.19. The van der Waals surface area contributed by atoms with Gasteiger partial charge in [0.2, 0.25) is 0 Å². The summed E-state index contributed by atoms with van der Waals surface area (Å²) in [5, 5.41) is 6.95. The molecule has 92 valence electrons. The molecular weight excluding hydrogens is 228 g/mol. The van der Waals surface area contributed by atoms with Gasteiger partial charge in [-0.2, -0.15) is 0 Å². The van der Waals surface area contributed by atoms with E-state index in [0.717, 1.165) is 11.5 Å². The molecule has 0 atom stereocenters. The molecule has 6 heteroatoms. The summed E-state index contributed by atoms with van der Waals surface area (Å²) >= 11 is 0. The minimum Gasteiger partial charge on any atom is -0.361 e. The van der Waals surface area contributed by atoms with Crippen molar-refractivity contribution in [3.05, 3.63) is 17.5 Å². The summed E-state index contributed by atoms with van der Waals surface area (Å²) < 4.78 is 27.3. The molecule has 1 aromatic rings. The molecule has 1 heterocycles. The van der Waals surface area contributed by atoms with E-state index >= 15 is 0 Å². The summed E-state index contributed by atoms with van der Waals surface area (Å²) in [7, 11) is -2.83. The Bertz CT molecular complexity index is 411. The summed E-state index contributed by atoms with van der Waals surface area (Å²) in [5.41, 5.74) is 0.843. The summed E-state index contributed by atoms with van der Waals surface area (Å²) in [4.78, 5) is 0. The molecule has 0 saturated carbocycles. The Kier molecular flexibility index (Phi) is 4.95. The number of aromatic nitrogens is 1. The summed E-state index contributed by atoms with van der Waals surface area (Å²) in [6.45, 7) is 4.79. The second kappa shape index (κ2) is 6.00. The fraction of sp³-hybridized carbons (Fsp3) is 0.700. The van der Waals surface area contributed by atoms with Gasteiger partial charge in [-0.1, -0.05) is 12.1 Å². The molecule has 0 amide bonds. The molecule has 0 unspecified atom stereocenters. The Labute approximate surface area is 96.1 Å². The van der Waals surface area contributed by atoms with Gasteiger partial charge in [0, 0.05) is 18.4 Å². The average Bonchev–Trinajstić information content (AvgIpc) is 2.64. The van der Waals surface area contributed by atoms with E-state index in [2.05, 4.69) is 10.5 Å². The van der Waals surface area contributed by atoms with Crippen molar-refractivity contribution in [1.29, 1.82) is 0 Å². The first-order valence-electron chi connectivity index (χ1n) is 5.37. The van der Waals surface area contributed by atoms with Gasteiger partial charge in [0.15, 0.2) is 0 Å². The highest BCUT2D eigenvalue weighted by atomic mass is 32.2. The van der Waals surface area contributed by atoms with E-state index in [1.165, 1.54) is 0 Å². The minimum atomic E-state index is -2.83. The summed E-state index contributed by atoms with van der Waals surface area (Å²) in [6.07, 6.45) is 0.632. The maximum atomic E-state index is 11.2. The quantitative estimate of drug-likeness (QED) is 0.724. The molecule has 0 aliphatic heterocycles. The second-order valence-electron chi connectivity index (χ2n) is 3.70. The Morgan fingerprint density at radius 2 is 2.25 bits per heavy atom. The van der Waals surface area contributed by atoms with E-state index in [0.29, 0.717) is 19.5 Å². The first kappa shape index (κ1) is 13.2. The van der Waals surface area contributed by atoms with Gasteiger partial charge in [0.25, 0.3) is 0 Å². The van der Waals surface area contributed by atoms with E-state index in [1.807, 2.05) is 13.0 Å². The van der Waals surface area contributed by atoms with Crippen LogP contribution in [0.15, 0.2) is 10.6 Å². The normalized spacial score (nSPS) is 11.9. The molecular formula is C10H18N2O3S. The number of aryl methyl sites for hydroxylation is 1. The maximum Gasteiger partial charge on any atom is 0.150 e. The SMILES string of the molecule is CCS(=O)(=O)CCCNCc1cc(C)on1. The van der Waals surface area contributed by atoms with Crippen LogP contribution in [0.4, 0.5) is 0 Å². The molecule has 0 spiro atoms. The van der Waals surface area contributed by atoms with Crippen LogP contribution in [0.2, 0.25) is 0 Å². The van der Waals surface area contributed by atoms with Crippen LogP contribution >= 0.6 is 0 Å². The van der Waals surface area contributed by atoms with Crippen LogP contribution in [-0.2, 0) is 16.4 Å². The zero-order chi connectivity index (χ0) is 12.0. The van der Waals surface area contributed by atoms with Gasteiger partial charge in [0.1, 0.15) is 15.6 Å². The van der Waals surface area contributed by atoms with Gasteiger partial charge >= 0.3 is 0 Å². The lowest BCUT2D eigenvalue weighted by atomic mass is 10.3. The minimum absolute atomic E-state index is 0.218. The van der Waals surface area contributed by atoms with Crippen LogP contribution in [0.5, 0.6) is 0 Å². The van der Waals surface area contributed by atoms with Crippen LogP contribution in [0.3, 0.4) is 0 Å². The molecule has 1 rings (SSSR count). The van der Waals surface area contributed by atoms with Crippen molar-refractivity contribution in [3.8, 4) is 0 Å². The maximum absolute atomic E-state index is 11.2. The first-order chi connectivity index (χ1) is 7.53. The molecule has 0 radical (unpaired) electrons. The number of nitrogens with zero attached hydrogens (tertiary/aromatic N) is 1. The smallest absolute Gasteiger partial charge is 0.150 e. The van der Waals surface area contributed by atoms with Crippen LogP contribution in [0.1, 0.15) is 24.8 Å². The van der Waals surface area contributed by atoms with Gasteiger partial charge in [-0.25, -0.2) is 8.42 Å². The summed E-state index contributed by atoms with van der Waals surface area (Å²) in [5.74, 6) is 1.24. The molecule has 1 N–H and O–H groups in total. The van der Waals surface area contributed by atoms with E-state index < -0.39 is 9.84 Å². The largest absolute Gasteiger partial charge is 0.361 e.